The SMILES string of the molecule is CCONC(=O)c1ccc(Cl)cc1[N+](=O)[O-]. The van der Waals surface area contributed by atoms with Gasteiger partial charge in [-0.3, -0.25) is 19.7 Å². The van der Waals surface area contributed by atoms with E-state index in [1.54, 1.807) is 6.92 Å². The number of halogens is 1. The summed E-state index contributed by atoms with van der Waals surface area (Å²) in [7, 11) is 0. The third kappa shape index (κ3) is 2.91. The molecule has 0 aliphatic rings. The highest BCUT2D eigenvalue weighted by molar-refractivity contribution is 6.31. The van der Waals surface area contributed by atoms with Gasteiger partial charge in [0.2, 0.25) is 0 Å². The standard InChI is InChI=1S/C9H9ClN2O4/c1-2-16-11-9(13)7-4-3-6(10)5-8(7)12(14)15/h3-5H,2H2,1H3,(H,11,13). The second kappa shape index (κ2) is 5.43. The number of hydrogen-bond donors (Lipinski definition) is 1. The van der Waals surface area contributed by atoms with Crippen LogP contribution in [-0.4, -0.2) is 17.4 Å². The number of nitro benzene ring substituents is 1. The predicted molar refractivity (Wildman–Crippen MR) is 57.2 cm³/mol. The number of nitrogens with zero attached hydrogens (tertiary/aromatic N) is 1. The van der Waals surface area contributed by atoms with Gasteiger partial charge in [-0.25, -0.2) is 5.48 Å². The van der Waals surface area contributed by atoms with Gasteiger partial charge in [-0.05, 0) is 19.1 Å². The van der Waals surface area contributed by atoms with E-state index in [0.29, 0.717) is 0 Å². The zero-order valence-corrected chi connectivity index (χ0v) is 9.15. The maximum atomic E-state index is 11.5. The molecule has 1 rings (SSSR count). The van der Waals surface area contributed by atoms with E-state index < -0.39 is 10.8 Å². The Balaban J connectivity index is 3.03. The van der Waals surface area contributed by atoms with Crippen molar-refractivity contribution in [1.82, 2.24) is 5.48 Å². The molecule has 0 spiro atoms. The number of hydroxylamine groups is 1. The first kappa shape index (κ1) is 12.4. The molecular weight excluding hydrogens is 236 g/mol. The van der Waals surface area contributed by atoms with E-state index in [1.807, 2.05) is 0 Å². The second-order valence-corrected chi connectivity index (χ2v) is 3.22. The maximum Gasteiger partial charge on any atom is 0.283 e. The van der Waals surface area contributed by atoms with Crippen LogP contribution in [0.5, 0.6) is 0 Å². The van der Waals surface area contributed by atoms with Crippen LogP contribution >= 0.6 is 11.6 Å². The molecule has 16 heavy (non-hydrogen) atoms. The van der Waals surface area contributed by atoms with Gasteiger partial charge in [0.15, 0.2) is 0 Å². The van der Waals surface area contributed by atoms with Crippen LogP contribution in [0, 0.1) is 10.1 Å². The number of carbonyl (C=O) groups excluding carboxylic acids is 1. The molecule has 0 unspecified atom stereocenters. The van der Waals surface area contributed by atoms with Crippen LogP contribution in [0.3, 0.4) is 0 Å². The van der Waals surface area contributed by atoms with Crippen molar-refractivity contribution in [3.05, 3.63) is 38.9 Å². The number of hydrogen-bond acceptors (Lipinski definition) is 4. The van der Waals surface area contributed by atoms with E-state index in [0.717, 1.165) is 6.07 Å². The third-order valence-corrected chi connectivity index (χ3v) is 1.95. The van der Waals surface area contributed by atoms with Gasteiger partial charge in [0.05, 0.1) is 11.5 Å². The van der Waals surface area contributed by atoms with E-state index in [1.165, 1.54) is 12.1 Å². The molecule has 86 valence electrons. The summed E-state index contributed by atoms with van der Waals surface area (Å²) in [6.45, 7) is 1.95. The molecule has 1 N–H and O–H groups in total. The Labute approximate surface area is 96.3 Å². The number of carbonyl (C=O) groups is 1. The fraction of sp³-hybridized carbons (Fsp3) is 0.222. The first-order valence-electron chi connectivity index (χ1n) is 4.42. The highest BCUT2D eigenvalue weighted by Crippen LogP contribution is 2.22. The molecule has 7 heteroatoms. The summed E-state index contributed by atoms with van der Waals surface area (Å²) >= 11 is 5.60. The third-order valence-electron chi connectivity index (χ3n) is 1.71. The minimum Gasteiger partial charge on any atom is -0.274 e. The van der Waals surface area contributed by atoms with Gasteiger partial charge in [-0.15, -0.1) is 0 Å². The number of nitro groups is 1. The van der Waals surface area contributed by atoms with Crippen LogP contribution < -0.4 is 5.48 Å². The molecule has 0 saturated carbocycles. The van der Waals surface area contributed by atoms with E-state index >= 15 is 0 Å². The highest BCUT2D eigenvalue weighted by Gasteiger charge is 2.20. The largest absolute Gasteiger partial charge is 0.283 e. The van der Waals surface area contributed by atoms with E-state index in [4.69, 9.17) is 11.6 Å². The molecule has 0 radical (unpaired) electrons. The molecule has 0 fully saturated rings. The Morgan fingerprint density at radius 1 is 1.62 bits per heavy atom. The molecule has 6 nitrogen and oxygen atoms in total. The summed E-state index contributed by atoms with van der Waals surface area (Å²) < 4.78 is 0. The molecule has 1 aromatic carbocycles. The van der Waals surface area contributed by atoms with Gasteiger partial charge in [-0.2, -0.15) is 0 Å². The average molecular weight is 245 g/mol. The highest BCUT2D eigenvalue weighted by atomic mass is 35.5. The Bertz CT molecular complexity index is 422. The molecular formula is C9H9ClN2O4. The molecule has 0 aliphatic carbocycles. The van der Waals surface area contributed by atoms with Crippen molar-refractivity contribution < 1.29 is 14.6 Å². The molecule has 0 aromatic heterocycles. The Kier molecular flexibility index (Phi) is 4.21. The van der Waals surface area contributed by atoms with Gasteiger partial charge in [0.1, 0.15) is 5.56 Å². The number of amides is 1. The summed E-state index contributed by atoms with van der Waals surface area (Å²) in [5.41, 5.74) is 1.63. The van der Waals surface area contributed by atoms with Gasteiger partial charge in [-0.1, -0.05) is 11.6 Å². The van der Waals surface area contributed by atoms with Crippen LogP contribution in [0.15, 0.2) is 18.2 Å². The molecule has 0 heterocycles. The van der Waals surface area contributed by atoms with Crippen LogP contribution in [-0.2, 0) is 4.84 Å². The first-order chi connectivity index (χ1) is 7.56. The van der Waals surface area contributed by atoms with Crippen LogP contribution in [0.1, 0.15) is 17.3 Å². The Morgan fingerprint density at radius 2 is 2.31 bits per heavy atom. The van der Waals surface area contributed by atoms with Gasteiger partial charge in [0.25, 0.3) is 11.6 Å². The molecule has 0 atom stereocenters. The van der Waals surface area contributed by atoms with Crippen molar-refractivity contribution >= 4 is 23.2 Å². The number of rotatable bonds is 4. The number of benzene rings is 1. The monoisotopic (exact) mass is 244 g/mol. The summed E-state index contributed by atoms with van der Waals surface area (Å²) in [5, 5.41) is 10.9. The van der Waals surface area contributed by atoms with Crippen molar-refractivity contribution in [2.75, 3.05) is 6.61 Å². The minimum absolute atomic E-state index is 0.0946. The fourth-order valence-corrected chi connectivity index (χ4v) is 1.21. The zero-order valence-electron chi connectivity index (χ0n) is 8.40. The average Bonchev–Trinajstić information content (AvgIpc) is 2.25. The summed E-state index contributed by atoms with van der Waals surface area (Å²) in [6, 6.07) is 3.78. The topological polar surface area (TPSA) is 81.5 Å². The molecule has 1 aromatic rings. The van der Waals surface area contributed by atoms with Gasteiger partial charge < -0.3 is 0 Å². The summed E-state index contributed by atoms with van der Waals surface area (Å²) in [6.07, 6.45) is 0. The quantitative estimate of drug-likeness (QED) is 0.648. The smallest absolute Gasteiger partial charge is 0.274 e. The molecule has 0 saturated heterocycles. The lowest BCUT2D eigenvalue weighted by molar-refractivity contribution is -0.385. The Hall–Kier alpha value is -1.66. The van der Waals surface area contributed by atoms with Gasteiger partial charge >= 0.3 is 0 Å². The summed E-state index contributed by atoms with van der Waals surface area (Å²) in [4.78, 5) is 26.1. The maximum absolute atomic E-state index is 11.5. The van der Waals surface area contributed by atoms with Crippen molar-refractivity contribution in [1.29, 1.82) is 0 Å². The second-order valence-electron chi connectivity index (χ2n) is 2.78. The normalized spacial score (nSPS) is 9.88. The van der Waals surface area contributed by atoms with Crippen molar-refractivity contribution in [3.63, 3.8) is 0 Å². The van der Waals surface area contributed by atoms with Crippen molar-refractivity contribution in [2.45, 2.75) is 6.92 Å². The van der Waals surface area contributed by atoms with Crippen molar-refractivity contribution in [2.24, 2.45) is 0 Å². The van der Waals surface area contributed by atoms with E-state index in [9.17, 15) is 14.9 Å². The van der Waals surface area contributed by atoms with Crippen LogP contribution in [0.25, 0.3) is 0 Å². The molecule has 1 amide bonds. The molecule has 0 bridgehead atoms. The minimum atomic E-state index is -0.676. The predicted octanol–water partition coefficient (Wildman–Crippen LogP) is 1.93. The lowest BCUT2D eigenvalue weighted by Gasteiger charge is -2.04. The first-order valence-corrected chi connectivity index (χ1v) is 4.80. The fourth-order valence-electron chi connectivity index (χ4n) is 1.04. The lowest BCUT2D eigenvalue weighted by Crippen LogP contribution is -2.24. The van der Waals surface area contributed by atoms with Crippen LogP contribution in [0.4, 0.5) is 5.69 Å². The van der Waals surface area contributed by atoms with E-state index in [-0.39, 0.29) is 22.9 Å². The lowest BCUT2D eigenvalue weighted by atomic mass is 10.2. The number of nitrogens with one attached hydrogen (secondary N) is 1. The molecule has 0 aliphatic heterocycles. The van der Waals surface area contributed by atoms with Gasteiger partial charge in [0, 0.05) is 11.1 Å². The Morgan fingerprint density at radius 3 is 2.88 bits per heavy atom. The van der Waals surface area contributed by atoms with Crippen LogP contribution in [0.2, 0.25) is 5.02 Å². The zero-order chi connectivity index (χ0) is 12.1. The van der Waals surface area contributed by atoms with Crippen molar-refractivity contribution in [3.8, 4) is 0 Å². The summed E-state index contributed by atoms with van der Waals surface area (Å²) in [5.74, 6) is -0.676. The van der Waals surface area contributed by atoms with E-state index in [2.05, 4.69) is 10.3 Å².